The zero-order valence-corrected chi connectivity index (χ0v) is 10.8. The minimum atomic E-state index is -1.44. The third kappa shape index (κ3) is 2.63. The summed E-state index contributed by atoms with van der Waals surface area (Å²) in [5, 5.41) is 18.0. The van der Waals surface area contributed by atoms with Gasteiger partial charge in [0.25, 0.3) is 0 Å². The Kier molecular flexibility index (Phi) is 3.89. The molecular weight excluding hydrogens is 250 g/mol. The number of nitrogens with zero attached hydrogens (tertiary/aromatic N) is 1. The van der Waals surface area contributed by atoms with E-state index in [9.17, 15) is 14.4 Å². The first-order valence-electron chi connectivity index (χ1n) is 6.68. The first kappa shape index (κ1) is 14.0. The second kappa shape index (κ2) is 5.28. The van der Waals surface area contributed by atoms with Gasteiger partial charge in [0.1, 0.15) is 0 Å². The Hall–Kier alpha value is -1.43. The van der Waals surface area contributed by atoms with Gasteiger partial charge in [0.05, 0.1) is 6.61 Å². The Morgan fingerprint density at radius 1 is 1.16 bits per heavy atom. The third-order valence-corrected chi connectivity index (χ3v) is 4.27. The van der Waals surface area contributed by atoms with Gasteiger partial charge in [0.15, 0.2) is 6.04 Å². The number of imide groups is 1. The highest BCUT2D eigenvalue weighted by atomic mass is 16.4. The molecule has 1 aliphatic heterocycles. The van der Waals surface area contributed by atoms with Crippen molar-refractivity contribution in [1.82, 2.24) is 4.90 Å². The van der Waals surface area contributed by atoms with Crippen LogP contribution in [0.3, 0.4) is 0 Å². The van der Waals surface area contributed by atoms with Crippen LogP contribution in [0.1, 0.15) is 44.9 Å². The van der Waals surface area contributed by atoms with Crippen molar-refractivity contribution >= 4 is 17.8 Å². The number of carboxylic acid groups (broad SMARTS) is 1. The zero-order chi connectivity index (χ0) is 14.0. The molecule has 2 fully saturated rings. The number of aliphatic hydroxyl groups is 1. The quantitative estimate of drug-likeness (QED) is 0.729. The van der Waals surface area contributed by atoms with Gasteiger partial charge in [-0.2, -0.15) is 0 Å². The van der Waals surface area contributed by atoms with Gasteiger partial charge in [0.2, 0.25) is 11.8 Å². The number of aliphatic hydroxyl groups excluding tert-OH is 1. The maximum absolute atomic E-state index is 12.1. The summed E-state index contributed by atoms with van der Waals surface area (Å²) in [6.07, 6.45) is 5.32. The normalized spacial score (nSPS) is 24.6. The second-order valence-electron chi connectivity index (χ2n) is 5.61. The van der Waals surface area contributed by atoms with Crippen LogP contribution in [0.5, 0.6) is 0 Å². The van der Waals surface area contributed by atoms with E-state index in [2.05, 4.69) is 0 Å². The van der Waals surface area contributed by atoms with Gasteiger partial charge in [-0.25, -0.2) is 4.79 Å². The molecule has 0 aromatic carbocycles. The third-order valence-electron chi connectivity index (χ3n) is 4.27. The first-order valence-corrected chi connectivity index (χ1v) is 6.68. The van der Waals surface area contributed by atoms with Crippen LogP contribution in [0.15, 0.2) is 0 Å². The maximum Gasteiger partial charge on any atom is 0.329 e. The Morgan fingerprint density at radius 3 is 2.11 bits per heavy atom. The fourth-order valence-corrected chi connectivity index (χ4v) is 3.29. The molecule has 1 spiro atoms. The van der Waals surface area contributed by atoms with E-state index in [0.29, 0.717) is 0 Å². The number of carbonyl (C=O) groups excluding carboxylic acids is 2. The molecule has 6 heteroatoms. The van der Waals surface area contributed by atoms with E-state index >= 15 is 0 Å². The Balaban J connectivity index is 2.17. The number of likely N-dealkylation sites (tertiary alicyclic amines) is 1. The summed E-state index contributed by atoms with van der Waals surface area (Å²) in [5.41, 5.74) is -0.262. The molecule has 2 amide bonds. The van der Waals surface area contributed by atoms with E-state index < -0.39 is 30.4 Å². The predicted molar refractivity (Wildman–Crippen MR) is 65.1 cm³/mol. The fourth-order valence-electron chi connectivity index (χ4n) is 3.29. The molecule has 0 bridgehead atoms. The SMILES string of the molecule is O=C(O)C(CO)N1C(=O)CC2(CCCCC2)CC1=O. The highest BCUT2D eigenvalue weighted by Gasteiger charge is 2.47. The Morgan fingerprint density at radius 2 is 1.68 bits per heavy atom. The number of hydrogen-bond acceptors (Lipinski definition) is 4. The lowest BCUT2D eigenvalue weighted by Crippen LogP contribution is -2.56. The molecular formula is C13H19NO5. The molecule has 0 radical (unpaired) electrons. The molecule has 0 aromatic rings. The van der Waals surface area contributed by atoms with E-state index in [-0.39, 0.29) is 18.3 Å². The summed E-state index contributed by atoms with van der Waals surface area (Å²) in [6.45, 7) is -0.736. The average molecular weight is 269 g/mol. The molecule has 106 valence electrons. The molecule has 1 atom stereocenters. The van der Waals surface area contributed by atoms with Gasteiger partial charge in [-0.15, -0.1) is 0 Å². The standard InChI is InChI=1S/C13H19NO5/c15-8-9(12(18)19)14-10(16)6-13(7-11(14)17)4-2-1-3-5-13/h9,15H,1-8H2,(H,18,19). The molecule has 0 aromatic heterocycles. The molecule has 1 heterocycles. The van der Waals surface area contributed by atoms with Crippen LogP contribution in [0.2, 0.25) is 0 Å². The summed E-state index contributed by atoms with van der Waals surface area (Å²) in [6, 6.07) is -1.44. The summed E-state index contributed by atoms with van der Waals surface area (Å²) in [4.78, 5) is 35.9. The minimum absolute atomic E-state index is 0.225. The van der Waals surface area contributed by atoms with Crippen LogP contribution in [0, 0.1) is 5.41 Å². The van der Waals surface area contributed by atoms with Crippen molar-refractivity contribution in [1.29, 1.82) is 0 Å². The molecule has 1 saturated carbocycles. The minimum Gasteiger partial charge on any atom is -0.480 e. The number of hydrogen-bond donors (Lipinski definition) is 2. The molecule has 1 saturated heterocycles. The van der Waals surface area contributed by atoms with E-state index in [1.54, 1.807) is 0 Å². The van der Waals surface area contributed by atoms with Crippen molar-refractivity contribution in [2.24, 2.45) is 5.41 Å². The molecule has 19 heavy (non-hydrogen) atoms. The maximum atomic E-state index is 12.1. The number of aliphatic carboxylic acids is 1. The van der Waals surface area contributed by atoms with Crippen LogP contribution in [0.25, 0.3) is 0 Å². The van der Waals surface area contributed by atoms with Gasteiger partial charge >= 0.3 is 5.97 Å². The zero-order valence-electron chi connectivity index (χ0n) is 10.8. The molecule has 2 N–H and O–H groups in total. The Bertz CT molecular complexity index is 380. The van der Waals surface area contributed by atoms with Gasteiger partial charge in [-0.1, -0.05) is 19.3 Å². The predicted octanol–water partition coefficient (Wildman–Crippen LogP) is 0.531. The lowest BCUT2D eigenvalue weighted by atomic mass is 9.67. The van der Waals surface area contributed by atoms with Crippen molar-refractivity contribution in [2.45, 2.75) is 51.0 Å². The molecule has 1 unspecified atom stereocenters. The second-order valence-corrected chi connectivity index (χ2v) is 5.61. The van der Waals surface area contributed by atoms with Crippen molar-refractivity contribution in [2.75, 3.05) is 6.61 Å². The van der Waals surface area contributed by atoms with Gasteiger partial charge in [0, 0.05) is 12.8 Å². The van der Waals surface area contributed by atoms with Crippen LogP contribution in [-0.4, -0.2) is 45.5 Å². The molecule has 2 aliphatic rings. The lowest BCUT2D eigenvalue weighted by molar-refractivity contribution is -0.166. The van der Waals surface area contributed by atoms with Crippen LogP contribution < -0.4 is 0 Å². The van der Waals surface area contributed by atoms with Crippen molar-refractivity contribution in [3.8, 4) is 0 Å². The van der Waals surface area contributed by atoms with Gasteiger partial charge in [-0.05, 0) is 18.3 Å². The largest absolute Gasteiger partial charge is 0.480 e. The van der Waals surface area contributed by atoms with Crippen molar-refractivity contribution in [3.05, 3.63) is 0 Å². The van der Waals surface area contributed by atoms with Gasteiger partial charge < -0.3 is 10.2 Å². The van der Waals surface area contributed by atoms with Crippen LogP contribution in [0.4, 0.5) is 0 Å². The topological polar surface area (TPSA) is 94.9 Å². The first-order chi connectivity index (χ1) is 8.99. The monoisotopic (exact) mass is 269 g/mol. The Labute approximate surface area is 111 Å². The molecule has 6 nitrogen and oxygen atoms in total. The lowest BCUT2D eigenvalue weighted by Gasteiger charge is -2.43. The number of amides is 2. The number of carbonyl (C=O) groups is 3. The van der Waals surface area contributed by atoms with E-state index in [4.69, 9.17) is 10.2 Å². The summed E-state index contributed by atoms with van der Waals surface area (Å²) in [5.74, 6) is -2.26. The summed E-state index contributed by atoms with van der Waals surface area (Å²) >= 11 is 0. The molecule has 2 rings (SSSR count). The fraction of sp³-hybridized carbons (Fsp3) is 0.769. The summed E-state index contributed by atoms with van der Waals surface area (Å²) < 4.78 is 0. The van der Waals surface area contributed by atoms with E-state index in [0.717, 1.165) is 37.0 Å². The highest BCUT2D eigenvalue weighted by molar-refractivity contribution is 6.02. The average Bonchev–Trinajstić information content (AvgIpc) is 2.34. The van der Waals surface area contributed by atoms with E-state index in [1.807, 2.05) is 0 Å². The van der Waals surface area contributed by atoms with Crippen molar-refractivity contribution in [3.63, 3.8) is 0 Å². The number of carboxylic acids is 1. The number of rotatable bonds is 3. The van der Waals surface area contributed by atoms with E-state index in [1.165, 1.54) is 0 Å². The molecule has 1 aliphatic carbocycles. The van der Waals surface area contributed by atoms with Crippen molar-refractivity contribution < 1.29 is 24.6 Å². The van der Waals surface area contributed by atoms with Crippen LogP contribution in [-0.2, 0) is 14.4 Å². The van der Waals surface area contributed by atoms with Crippen LogP contribution >= 0.6 is 0 Å². The number of piperidine rings is 1. The summed E-state index contributed by atoms with van der Waals surface area (Å²) in [7, 11) is 0. The van der Waals surface area contributed by atoms with Gasteiger partial charge in [-0.3, -0.25) is 14.5 Å². The highest BCUT2D eigenvalue weighted by Crippen LogP contribution is 2.45. The smallest absolute Gasteiger partial charge is 0.329 e.